The van der Waals surface area contributed by atoms with E-state index < -0.39 is 23.9 Å². The highest BCUT2D eigenvalue weighted by molar-refractivity contribution is 6.12. The zero-order valence-corrected chi connectivity index (χ0v) is 17.8. The first-order valence-corrected chi connectivity index (χ1v) is 10.0. The molecule has 0 saturated heterocycles. The number of amides is 1. The molecule has 1 N–H and O–H groups in total. The molecule has 0 aliphatic carbocycles. The van der Waals surface area contributed by atoms with Crippen LogP contribution < -0.4 is 4.90 Å². The van der Waals surface area contributed by atoms with Gasteiger partial charge in [-0.3, -0.25) is 19.3 Å². The number of carbonyl (C=O) groups excluding carboxylic acids is 3. The molecule has 1 aliphatic rings. The first kappa shape index (κ1) is 21.7. The molecular formula is C24H27NO5. The number of benzene rings is 2. The van der Waals surface area contributed by atoms with Gasteiger partial charge >= 0.3 is 5.97 Å². The molecule has 0 radical (unpaired) electrons. The van der Waals surface area contributed by atoms with Gasteiger partial charge in [0.1, 0.15) is 6.54 Å². The lowest BCUT2D eigenvalue weighted by Crippen LogP contribution is -2.44. The number of esters is 1. The molecule has 1 aliphatic heterocycles. The molecule has 0 bridgehead atoms. The number of nitrogens with zero attached hydrogens (tertiary/aromatic N) is 1. The van der Waals surface area contributed by atoms with Crippen molar-refractivity contribution in [3.8, 4) is 0 Å². The van der Waals surface area contributed by atoms with Crippen molar-refractivity contribution in [2.45, 2.75) is 45.1 Å². The van der Waals surface area contributed by atoms with Crippen molar-refractivity contribution in [1.82, 2.24) is 0 Å². The molecule has 30 heavy (non-hydrogen) atoms. The summed E-state index contributed by atoms with van der Waals surface area (Å²) >= 11 is 0. The van der Waals surface area contributed by atoms with Crippen molar-refractivity contribution in [3.63, 3.8) is 0 Å². The highest BCUT2D eigenvalue weighted by Gasteiger charge is 2.51. The summed E-state index contributed by atoms with van der Waals surface area (Å²) in [7, 11) is 0. The maximum atomic E-state index is 13.1. The van der Waals surface area contributed by atoms with Crippen LogP contribution in [-0.4, -0.2) is 35.9 Å². The second-order valence-electron chi connectivity index (χ2n) is 8.50. The number of rotatable bonds is 6. The number of carbonyl (C=O) groups is 3. The van der Waals surface area contributed by atoms with Crippen LogP contribution in [0.2, 0.25) is 0 Å². The van der Waals surface area contributed by atoms with Crippen molar-refractivity contribution >= 4 is 23.3 Å². The largest absolute Gasteiger partial charge is 0.465 e. The first-order valence-electron chi connectivity index (χ1n) is 10.0. The molecule has 6 nitrogen and oxygen atoms in total. The van der Waals surface area contributed by atoms with Gasteiger partial charge in [-0.1, -0.05) is 63.2 Å². The van der Waals surface area contributed by atoms with E-state index in [-0.39, 0.29) is 24.3 Å². The Morgan fingerprint density at radius 1 is 1.07 bits per heavy atom. The molecule has 2 aromatic carbocycles. The molecule has 1 amide bonds. The fourth-order valence-electron chi connectivity index (χ4n) is 3.66. The number of ether oxygens (including phenoxy) is 1. The lowest BCUT2D eigenvalue weighted by molar-refractivity contribution is -0.144. The Labute approximate surface area is 176 Å². The van der Waals surface area contributed by atoms with Crippen LogP contribution in [0.4, 0.5) is 5.69 Å². The van der Waals surface area contributed by atoms with E-state index in [9.17, 15) is 19.5 Å². The average molecular weight is 409 g/mol. The molecule has 0 unspecified atom stereocenters. The summed E-state index contributed by atoms with van der Waals surface area (Å²) in [6, 6.07) is 13.9. The normalized spacial score (nSPS) is 18.3. The van der Waals surface area contributed by atoms with E-state index in [0.717, 1.165) is 5.56 Å². The van der Waals surface area contributed by atoms with E-state index in [1.807, 2.05) is 12.1 Å². The lowest BCUT2D eigenvalue weighted by atomic mass is 9.85. The number of Topliss-reactive ketones (excluding diaryl/α,β-unsaturated/α-hetero) is 1. The molecule has 0 spiro atoms. The first-order chi connectivity index (χ1) is 14.1. The number of hydrogen-bond donors (Lipinski definition) is 1. The standard InChI is InChI=1S/C24H27NO5/c1-5-30-21(27)15-25-19-9-7-6-8-18(19)24(29,22(25)28)14-20(26)16-10-12-17(13-11-16)23(2,3)4/h6-13,29H,5,14-15H2,1-4H3/t24-/m1/s1. The van der Waals surface area contributed by atoms with Gasteiger partial charge in [-0.2, -0.15) is 0 Å². The summed E-state index contributed by atoms with van der Waals surface area (Å²) in [4.78, 5) is 39.2. The van der Waals surface area contributed by atoms with E-state index in [0.29, 0.717) is 16.8 Å². The van der Waals surface area contributed by atoms with Crippen molar-refractivity contribution in [3.05, 3.63) is 65.2 Å². The number of para-hydroxylation sites is 1. The van der Waals surface area contributed by atoms with Gasteiger partial charge in [0.05, 0.1) is 18.7 Å². The van der Waals surface area contributed by atoms with Gasteiger partial charge in [0.2, 0.25) is 0 Å². The Kier molecular flexibility index (Phi) is 5.81. The Hall–Kier alpha value is -2.99. The van der Waals surface area contributed by atoms with Crippen LogP contribution in [0.1, 0.15) is 55.6 Å². The van der Waals surface area contributed by atoms with Crippen LogP contribution >= 0.6 is 0 Å². The van der Waals surface area contributed by atoms with Gasteiger partial charge in [0.15, 0.2) is 11.4 Å². The molecule has 6 heteroatoms. The minimum atomic E-state index is -2.02. The summed E-state index contributed by atoms with van der Waals surface area (Å²) in [5.74, 6) is -1.62. The van der Waals surface area contributed by atoms with Gasteiger partial charge in [-0.25, -0.2) is 0 Å². The van der Waals surface area contributed by atoms with Gasteiger partial charge in [-0.15, -0.1) is 0 Å². The molecule has 1 atom stereocenters. The summed E-state index contributed by atoms with van der Waals surface area (Å²) in [5, 5.41) is 11.3. The average Bonchev–Trinajstić information content (AvgIpc) is 2.90. The maximum Gasteiger partial charge on any atom is 0.326 e. The molecule has 158 valence electrons. The molecule has 0 fully saturated rings. The van der Waals surface area contributed by atoms with Crippen LogP contribution in [0, 0.1) is 0 Å². The third kappa shape index (κ3) is 4.00. The van der Waals surface area contributed by atoms with Crippen molar-refractivity contribution < 1.29 is 24.2 Å². The van der Waals surface area contributed by atoms with E-state index in [1.54, 1.807) is 43.3 Å². The number of ketones is 1. The Bertz CT molecular complexity index is 974. The van der Waals surface area contributed by atoms with E-state index >= 15 is 0 Å². The Morgan fingerprint density at radius 2 is 1.70 bits per heavy atom. The zero-order chi connectivity index (χ0) is 22.1. The Morgan fingerprint density at radius 3 is 2.30 bits per heavy atom. The fraction of sp³-hybridized carbons (Fsp3) is 0.375. The molecule has 0 aromatic heterocycles. The van der Waals surface area contributed by atoms with Crippen LogP contribution in [-0.2, 0) is 25.3 Å². The van der Waals surface area contributed by atoms with Gasteiger partial charge in [-0.05, 0) is 24.0 Å². The second kappa shape index (κ2) is 8.03. The van der Waals surface area contributed by atoms with Gasteiger partial charge in [0, 0.05) is 11.1 Å². The van der Waals surface area contributed by atoms with Gasteiger partial charge < -0.3 is 9.84 Å². The SMILES string of the molecule is CCOC(=O)CN1C(=O)[C@@](O)(CC(=O)c2ccc(C(C)(C)C)cc2)c2ccccc21. The second-order valence-corrected chi connectivity index (χ2v) is 8.50. The zero-order valence-electron chi connectivity index (χ0n) is 17.8. The van der Waals surface area contributed by atoms with Crippen molar-refractivity contribution in [2.75, 3.05) is 18.1 Å². The number of anilines is 1. The highest BCUT2D eigenvalue weighted by Crippen LogP contribution is 2.42. The van der Waals surface area contributed by atoms with Crippen LogP contribution in [0.3, 0.4) is 0 Å². The summed E-state index contributed by atoms with van der Waals surface area (Å²) in [5.41, 5.74) is 0.162. The highest BCUT2D eigenvalue weighted by atomic mass is 16.5. The van der Waals surface area contributed by atoms with Crippen LogP contribution in [0.25, 0.3) is 0 Å². The number of hydrogen-bond acceptors (Lipinski definition) is 5. The summed E-state index contributed by atoms with van der Waals surface area (Å²) in [6.45, 7) is 7.80. The maximum absolute atomic E-state index is 13.1. The summed E-state index contributed by atoms with van der Waals surface area (Å²) < 4.78 is 4.94. The predicted molar refractivity (Wildman–Crippen MR) is 113 cm³/mol. The Balaban J connectivity index is 1.88. The number of fused-ring (bicyclic) bond motifs is 1. The van der Waals surface area contributed by atoms with Crippen LogP contribution in [0.15, 0.2) is 48.5 Å². The van der Waals surface area contributed by atoms with E-state index in [1.165, 1.54) is 4.90 Å². The number of aliphatic hydroxyl groups is 1. The molecule has 1 heterocycles. The monoisotopic (exact) mass is 409 g/mol. The quantitative estimate of drug-likeness (QED) is 0.584. The topological polar surface area (TPSA) is 83.9 Å². The molecule has 2 aromatic rings. The predicted octanol–water partition coefficient (Wildman–Crippen LogP) is 3.35. The van der Waals surface area contributed by atoms with Crippen LogP contribution in [0.5, 0.6) is 0 Å². The van der Waals surface area contributed by atoms with Crippen molar-refractivity contribution in [1.29, 1.82) is 0 Å². The molecule has 0 saturated carbocycles. The minimum absolute atomic E-state index is 0.0479. The van der Waals surface area contributed by atoms with Gasteiger partial charge in [0.25, 0.3) is 5.91 Å². The fourth-order valence-corrected chi connectivity index (χ4v) is 3.66. The minimum Gasteiger partial charge on any atom is -0.465 e. The van der Waals surface area contributed by atoms with E-state index in [2.05, 4.69) is 20.8 Å². The molecular weight excluding hydrogens is 382 g/mol. The third-order valence-corrected chi connectivity index (χ3v) is 5.32. The molecule has 3 rings (SSSR count). The summed E-state index contributed by atoms with van der Waals surface area (Å²) in [6.07, 6.45) is -0.406. The lowest BCUT2D eigenvalue weighted by Gasteiger charge is -2.23. The van der Waals surface area contributed by atoms with E-state index in [4.69, 9.17) is 4.74 Å². The van der Waals surface area contributed by atoms with Crippen molar-refractivity contribution in [2.24, 2.45) is 0 Å². The smallest absolute Gasteiger partial charge is 0.326 e. The third-order valence-electron chi connectivity index (χ3n) is 5.32.